The molecular formula is C8H8Hf+2. The van der Waals surface area contributed by atoms with E-state index >= 15 is 0 Å². The van der Waals surface area contributed by atoms with Crippen molar-refractivity contribution in [3.05, 3.63) is 35.4 Å². The van der Waals surface area contributed by atoms with Crippen LogP contribution >= 0.6 is 0 Å². The Kier molecular flexibility index (Phi) is 2.52. The van der Waals surface area contributed by atoms with Crippen molar-refractivity contribution < 1.29 is 23.9 Å². The minimum absolute atomic E-state index is 1.15. The second-order valence-corrected chi connectivity index (χ2v) is 3.04. The first-order valence-electron chi connectivity index (χ1n) is 2.90. The minimum atomic E-state index is 1.15. The molecule has 0 aliphatic rings. The molecule has 0 aliphatic carbocycles. The van der Waals surface area contributed by atoms with E-state index in [9.17, 15) is 0 Å². The molecule has 0 nitrogen and oxygen atoms in total. The Hall–Kier alpha value is -0.0399. The van der Waals surface area contributed by atoms with Gasteiger partial charge < -0.3 is 0 Å². The normalized spacial score (nSPS) is 9.22. The molecule has 1 heteroatoms. The summed E-state index contributed by atoms with van der Waals surface area (Å²) < 4.78 is 2.26. The molecule has 0 unspecified atom stereocenters. The van der Waals surface area contributed by atoms with E-state index in [1.54, 1.807) is 0 Å². The van der Waals surface area contributed by atoms with Gasteiger partial charge in [0.15, 0.2) is 0 Å². The molecule has 0 saturated carbocycles. The van der Waals surface area contributed by atoms with Gasteiger partial charge in [-0.25, -0.2) is 0 Å². The molecule has 0 saturated heterocycles. The fraction of sp³-hybridized carbons (Fsp3) is 0.125. The van der Waals surface area contributed by atoms with Gasteiger partial charge in [0.05, 0.1) is 0 Å². The van der Waals surface area contributed by atoms with Gasteiger partial charge in [0.25, 0.3) is 0 Å². The Morgan fingerprint density at radius 1 is 1.33 bits per heavy atom. The summed E-state index contributed by atoms with van der Waals surface area (Å²) in [5.74, 6) is 0. The summed E-state index contributed by atoms with van der Waals surface area (Å²) in [6, 6.07) is 8.45. The molecule has 0 heterocycles. The van der Waals surface area contributed by atoms with Crippen LogP contribution in [0, 0.1) is 6.92 Å². The zero-order chi connectivity index (χ0) is 6.69. The van der Waals surface area contributed by atoms with Crippen LogP contribution in [-0.2, 0) is 23.9 Å². The Morgan fingerprint density at radius 3 is 2.44 bits per heavy atom. The van der Waals surface area contributed by atoms with Gasteiger partial charge in [-0.15, -0.1) is 0 Å². The summed E-state index contributed by atoms with van der Waals surface area (Å²) in [7, 11) is 0. The fourth-order valence-electron chi connectivity index (χ4n) is 0.749. The molecule has 0 atom stereocenters. The molecule has 0 aromatic heterocycles. The van der Waals surface area contributed by atoms with Gasteiger partial charge in [-0.2, -0.15) is 0 Å². The molecule has 0 N–H and O–H groups in total. The van der Waals surface area contributed by atoms with Crippen LogP contribution < -0.4 is 0 Å². The standard InChI is InChI=1S/C8H8.Hf/c1-7-5-3-4-6-8(7)2;/h1,3-6H,2H3;/q;+2. The molecule has 9 heavy (non-hydrogen) atoms. The third kappa shape index (κ3) is 1.68. The summed E-state index contributed by atoms with van der Waals surface area (Å²) in [5.41, 5.74) is 2.77. The van der Waals surface area contributed by atoms with Crippen molar-refractivity contribution >= 4 is 3.76 Å². The molecule has 0 bridgehead atoms. The van der Waals surface area contributed by atoms with Crippen molar-refractivity contribution in [2.24, 2.45) is 0 Å². The first kappa shape index (κ1) is 7.07. The third-order valence-corrected chi connectivity index (χ3v) is 2.46. The molecule has 0 fully saturated rings. The molecule has 0 aliphatic heterocycles. The van der Waals surface area contributed by atoms with Crippen molar-refractivity contribution in [2.45, 2.75) is 6.92 Å². The SMILES string of the molecule is Cc1ccccc1[CH]=[Hf+2]. The summed E-state index contributed by atoms with van der Waals surface area (Å²) in [5, 5.41) is 0. The van der Waals surface area contributed by atoms with Crippen LogP contribution in [0.1, 0.15) is 11.1 Å². The maximum atomic E-state index is 2.26. The monoisotopic (exact) mass is 284 g/mol. The fourth-order valence-corrected chi connectivity index (χ4v) is 1.91. The van der Waals surface area contributed by atoms with E-state index in [0.717, 1.165) is 23.9 Å². The van der Waals surface area contributed by atoms with Gasteiger partial charge in [0.1, 0.15) is 0 Å². The number of hydrogen-bond donors (Lipinski definition) is 0. The van der Waals surface area contributed by atoms with Crippen LogP contribution in [0.4, 0.5) is 0 Å². The third-order valence-electron chi connectivity index (χ3n) is 1.34. The van der Waals surface area contributed by atoms with Crippen molar-refractivity contribution in [3.8, 4) is 0 Å². The molecule has 1 aromatic carbocycles. The van der Waals surface area contributed by atoms with Gasteiger partial charge in [-0.05, 0) is 0 Å². The average molecular weight is 283 g/mol. The van der Waals surface area contributed by atoms with Crippen LogP contribution in [0.25, 0.3) is 0 Å². The van der Waals surface area contributed by atoms with Crippen LogP contribution in [-0.4, -0.2) is 3.76 Å². The summed E-state index contributed by atoms with van der Waals surface area (Å²) >= 11 is 1.15. The molecule has 42 valence electrons. The topological polar surface area (TPSA) is 0 Å². The van der Waals surface area contributed by atoms with E-state index in [1.807, 2.05) is 0 Å². The molecule has 0 radical (unpaired) electrons. The number of benzene rings is 1. The van der Waals surface area contributed by atoms with Crippen LogP contribution in [0.2, 0.25) is 0 Å². The zero-order valence-corrected chi connectivity index (χ0v) is 8.98. The molecule has 1 rings (SSSR count). The summed E-state index contributed by atoms with van der Waals surface area (Å²) in [6.45, 7) is 2.14. The Balaban J connectivity index is 3.15. The van der Waals surface area contributed by atoms with Crippen LogP contribution in [0.15, 0.2) is 24.3 Å². The average Bonchev–Trinajstić information content (AvgIpc) is 1.89. The van der Waals surface area contributed by atoms with E-state index in [-0.39, 0.29) is 0 Å². The summed E-state index contributed by atoms with van der Waals surface area (Å²) in [4.78, 5) is 0. The van der Waals surface area contributed by atoms with Crippen molar-refractivity contribution in [1.82, 2.24) is 0 Å². The number of hydrogen-bond acceptors (Lipinski definition) is 0. The first-order valence-corrected chi connectivity index (χ1v) is 4.98. The number of aryl methyl sites for hydroxylation is 1. The van der Waals surface area contributed by atoms with Gasteiger partial charge in [0, 0.05) is 0 Å². The second kappa shape index (κ2) is 3.21. The molecule has 0 spiro atoms. The van der Waals surface area contributed by atoms with Gasteiger partial charge in [0.2, 0.25) is 0 Å². The van der Waals surface area contributed by atoms with Crippen molar-refractivity contribution in [2.75, 3.05) is 0 Å². The zero-order valence-electron chi connectivity index (χ0n) is 5.39. The van der Waals surface area contributed by atoms with E-state index in [2.05, 4.69) is 34.9 Å². The molecule has 0 amide bonds. The maximum absolute atomic E-state index is 2.26. The van der Waals surface area contributed by atoms with Crippen molar-refractivity contribution in [3.63, 3.8) is 0 Å². The predicted molar refractivity (Wildman–Crippen MR) is 36.3 cm³/mol. The second-order valence-electron chi connectivity index (χ2n) is 2.00. The van der Waals surface area contributed by atoms with Crippen LogP contribution in [0.3, 0.4) is 0 Å². The molecular weight excluding hydrogens is 275 g/mol. The predicted octanol–water partition coefficient (Wildman–Crippen LogP) is 1.69. The van der Waals surface area contributed by atoms with Crippen LogP contribution in [0.5, 0.6) is 0 Å². The Morgan fingerprint density at radius 2 is 2.00 bits per heavy atom. The van der Waals surface area contributed by atoms with E-state index in [0.29, 0.717) is 0 Å². The van der Waals surface area contributed by atoms with Gasteiger partial charge >= 0.3 is 70.0 Å². The van der Waals surface area contributed by atoms with Gasteiger partial charge in [-0.3, -0.25) is 0 Å². The van der Waals surface area contributed by atoms with E-state index < -0.39 is 0 Å². The van der Waals surface area contributed by atoms with Gasteiger partial charge in [-0.1, -0.05) is 0 Å². The van der Waals surface area contributed by atoms with E-state index in [1.165, 1.54) is 11.1 Å². The van der Waals surface area contributed by atoms with Crippen molar-refractivity contribution in [1.29, 1.82) is 0 Å². The Labute approximate surface area is 70.0 Å². The number of rotatable bonds is 1. The quantitative estimate of drug-likeness (QED) is 0.688. The first-order chi connectivity index (χ1) is 4.34. The van der Waals surface area contributed by atoms with E-state index in [4.69, 9.17) is 0 Å². The Bertz CT molecular complexity index is 216. The summed E-state index contributed by atoms with van der Waals surface area (Å²) in [6.07, 6.45) is 0. The molecule has 1 aromatic rings.